The predicted molar refractivity (Wildman–Crippen MR) is 187 cm³/mol. The number of halogens is 2. The minimum absolute atomic E-state index is 0.0172. The summed E-state index contributed by atoms with van der Waals surface area (Å²) < 4.78 is 12.8. The average Bonchev–Trinajstić information content (AvgIpc) is 2.98. The van der Waals surface area contributed by atoms with E-state index in [4.69, 9.17) is 32.7 Å². The first-order chi connectivity index (χ1) is 21.4. The summed E-state index contributed by atoms with van der Waals surface area (Å²) in [5.74, 6) is 0.626. The number of ether oxygens (including phenoxy) is 2. The molecule has 0 saturated carbocycles. The molecule has 0 spiro atoms. The highest BCUT2D eigenvalue weighted by molar-refractivity contribution is 6.43. The molecule has 2 aromatic carbocycles. The molecule has 0 aliphatic carbocycles. The van der Waals surface area contributed by atoms with Crippen molar-refractivity contribution in [3.63, 3.8) is 0 Å². The first kappa shape index (κ1) is 35.1. The van der Waals surface area contributed by atoms with Gasteiger partial charge in [0.05, 0.1) is 34.5 Å². The molecule has 0 radical (unpaired) electrons. The van der Waals surface area contributed by atoms with Crippen LogP contribution in [0.2, 0.25) is 10.0 Å². The lowest BCUT2D eigenvalue weighted by molar-refractivity contribution is 0.108. The molecule has 0 amide bonds. The molecular weight excluding hydrogens is 609 g/mol. The van der Waals surface area contributed by atoms with Crippen LogP contribution in [0.5, 0.6) is 5.75 Å². The Labute approximate surface area is 278 Å². The summed E-state index contributed by atoms with van der Waals surface area (Å²) in [5, 5.41) is 1.98. The van der Waals surface area contributed by atoms with Gasteiger partial charge in [-0.25, -0.2) is 9.36 Å². The van der Waals surface area contributed by atoms with Gasteiger partial charge in [-0.05, 0) is 85.2 Å². The van der Waals surface area contributed by atoms with Gasteiger partial charge in [-0.1, -0.05) is 70.3 Å². The second-order valence-electron chi connectivity index (χ2n) is 13.8. The number of unbranched alkanes of at least 4 members (excludes halogenated alkanes) is 1. The molecule has 2 heterocycles. The SMILES string of the molecule is CCCC(C)(C)CC(C)(C)CCOC(=O)n1c(=O)ccc2ccc(OCCCCN3CCN(c4cccc(Cl)c4Cl)CC3)cc21. The number of piperazine rings is 1. The molecule has 0 N–H and O–H groups in total. The number of carbonyl (C=O) groups is 1. The molecular formula is C36H49Cl2N3O4. The Morgan fingerprint density at radius 2 is 1.60 bits per heavy atom. The van der Waals surface area contributed by atoms with Crippen molar-refractivity contribution in [2.24, 2.45) is 10.8 Å². The van der Waals surface area contributed by atoms with E-state index in [-0.39, 0.29) is 17.4 Å². The Morgan fingerprint density at radius 1 is 0.889 bits per heavy atom. The Bertz CT molecular complexity index is 1500. The van der Waals surface area contributed by atoms with Crippen molar-refractivity contribution in [2.45, 2.75) is 73.1 Å². The molecule has 1 aliphatic heterocycles. The van der Waals surface area contributed by atoms with E-state index in [2.05, 4.69) is 44.4 Å². The highest BCUT2D eigenvalue weighted by Gasteiger charge is 2.28. The van der Waals surface area contributed by atoms with Crippen LogP contribution in [0.4, 0.5) is 10.5 Å². The van der Waals surface area contributed by atoms with E-state index in [1.54, 1.807) is 12.1 Å². The third-order valence-corrected chi connectivity index (χ3v) is 9.53. The number of nitrogens with zero attached hydrogens (tertiary/aromatic N) is 3. The molecule has 1 saturated heterocycles. The summed E-state index contributed by atoms with van der Waals surface area (Å²) in [7, 11) is 0. The Hall–Kier alpha value is -2.74. The van der Waals surface area contributed by atoms with Crippen LogP contribution in [-0.2, 0) is 4.74 Å². The van der Waals surface area contributed by atoms with Crippen molar-refractivity contribution in [1.29, 1.82) is 0 Å². The third kappa shape index (κ3) is 9.87. The molecule has 0 unspecified atom stereocenters. The maximum Gasteiger partial charge on any atom is 0.421 e. The van der Waals surface area contributed by atoms with E-state index in [0.29, 0.717) is 27.9 Å². The largest absolute Gasteiger partial charge is 0.494 e. The molecule has 0 bridgehead atoms. The molecule has 0 atom stereocenters. The zero-order chi connectivity index (χ0) is 32.6. The number of rotatable bonds is 14. The van der Waals surface area contributed by atoms with Gasteiger partial charge in [0.25, 0.3) is 5.56 Å². The standard InChI is InChI=1S/C36H49Cl2N3O4/c1-6-16-35(2,3)26-36(4,5)17-24-45-34(43)41-31-25-28(14-12-27(31)13-15-32(41)42)44-23-8-7-18-39-19-21-40(22-20-39)30-11-9-10-29(37)33(30)38/h9-15,25H,6-8,16-24,26H2,1-5H3. The third-order valence-electron chi connectivity index (χ3n) is 8.72. The van der Waals surface area contributed by atoms with Gasteiger partial charge >= 0.3 is 6.09 Å². The Kier molecular flexibility index (Phi) is 12.3. The van der Waals surface area contributed by atoms with E-state index < -0.39 is 11.7 Å². The summed E-state index contributed by atoms with van der Waals surface area (Å²) in [6.07, 6.45) is 5.33. The summed E-state index contributed by atoms with van der Waals surface area (Å²) in [5.41, 5.74) is 1.33. The first-order valence-corrected chi connectivity index (χ1v) is 17.0. The van der Waals surface area contributed by atoms with Gasteiger partial charge < -0.3 is 14.4 Å². The monoisotopic (exact) mass is 657 g/mol. The first-order valence-electron chi connectivity index (χ1n) is 16.3. The fraction of sp³-hybridized carbons (Fsp3) is 0.556. The topological polar surface area (TPSA) is 64.0 Å². The minimum atomic E-state index is -0.649. The maximum absolute atomic E-state index is 13.1. The van der Waals surface area contributed by atoms with Crippen LogP contribution < -0.4 is 15.2 Å². The molecule has 1 aromatic heterocycles. The molecule has 9 heteroatoms. The van der Waals surface area contributed by atoms with E-state index in [1.807, 2.05) is 30.3 Å². The van der Waals surface area contributed by atoms with Crippen LogP contribution in [0.25, 0.3) is 10.9 Å². The van der Waals surface area contributed by atoms with Crippen LogP contribution in [0.15, 0.2) is 53.3 Å². The van der Waals surface area contributed by atoms with Gasteiger partial charge in [0.15, 0.2) is 0 Å². The van der Waals surface area contributed by atoms with Crippen molar-refractivity contribution in [3.05, 3.63) is 68.9 Å². The normalized spacial score (nSPS) is 14.6. The summed E-state index contributed by atoms with van der Waals surface area (Å²) in [6, 6.07) is 14.4. The highest BCUT2D eigenvalue weighted by Crippen LogP contribution is 2.39. The lowest BCUT2D eigenvalue weighted by Gasteiger charge is -2.36. The molecule has 4 rings (SSSR count). The zero-order valence-electron chi connectivity index (χ0n) is 27.5. The smallest absolute Gasteiger partial charge is 0.421 e. The van der Waals surface area contributed by atoms with E-state index in [0.717, 1.165) is 86.9 Å². The molecule has 246 valence electrons. The van der Waals surface area contributed by atoms with E-state index in [9.17, 15) is 9.59 Å². The number of carbonyl (C=O) groups excluding carboxylic acids is 1. The van der Waals surface area contributed by atoms with E-state index in [1.165, 1.54) is 6.07 Å². The van der Waals surface area contributed by atoms with Crippen molar-refractivity contribution in [1.82, 2.24) is 9.47 Å². The fourth-order valence-corrected chi connectivity index (χ4v) is 7.11. The maximum atomic E-state index is 13.1. The van der Waals surface area contributed by atoms with Crippen molar-refractivity contribution in [2.75, 3.05) is 50.8 Å². The van der Waals surface area contributed by atoms with Gasteiger partial charge in [0, 0.05) is 38.3 Å². The number of fused-ring (bicyclic) bond motifs is 1. The fourth-order valence-electron chi connectivity index (χ4n) is 6.70. The Morgan fingerprint density at radius 3 is 2.33 bits per heavy atom. The quantitative estimate of drug-likeness (QED) is 0.161. The molecule has 1 fully saturated rings. The number of hydrogen-bond donors (Lipinski definition) is 0. The number of anilines is 1. The highest BCUT2D eigenvalue weighted by atomic mass is 35.5. The second kappa shape index (κ2) is 15.7. The van der Waals surface area contributed by atoms with Crippen molar-refractivity contribution >= 4 is 45.9 Å². The second-order valence-corrected chi connectivity index (χ2v) is 14.6. The summed E-state index contributed by atoms with van der Waals surface area (Å²) in [4.78, 5) is 30.7. The van der Waals surface area contributed by atoms with Crippen molar-refractivity contribution in [3.8, 4) is 5.75 Å². The van der Waals surface area contributed by atoms with Gasteiger partial charge in [-0.3, -0.25) is 9.69 Å². The summed E-state index contributed by atoms with van der Waals surface area (Å²) in [6.45, 7) is 16.8. The lowest BCUT2D eigenvalue weighted by atomic mass is 9.71. The van der Waals surface area contributed by atoms with Crippen LogP contribution in [-0.4, -0.2) is 61.5 Å². The Balaban J connectivity index is 1.25. The number of benzene rings is 2. The van der Waals surface area contributed by atoms with Crippen molar-refractivity contribution < 1.29 is 14.3 Å². The van der Waals surface area contributed by atoms with Crippen LogP contribution in [0, 0.1) is 10.8 Å². The van der Waals surface area contributed by atoms with Gasteiger partial charge in [0.2, 0.25) is 0 Å². The molecule has 1 aliphatic rings. The predicted octanol–water partition coefficient (Wildman–Crippen LogP) is 8.91. The average molecular weight is 659 g/mol. The number of hydrogen-bond acceptors (Lipinski definition) is 6. The number of aromatic nitrogens is 1. The molecule has 45 heavy (non-hydrogen) atoms. The lowest BCUT2D eigenvalue weighted by Crippen LogP contribution is -2.46. The van der Waals surface area contributed by atoms with E-state index >= 15 is 0 Å². The zero-order valence-corrected chi connectivity index (χ0v) is 29.1. The van der Waals surface area contributed by atoms with Gasteiger partial charge in [-0.2, -0.15) is 0 Å². The van der Waals surface area contributed by atoms with Crippen LogP contribution in [0.3, 0.4) is 0 Å². The molecule has 3 aromatic rings. The van der Waals surface area contributed by atoms with Gasteiger partial charge in [-0.15, -0.1) is 0 Å². The molecule has 7 nitrogen and oxygen atoms in total. The number of pyridine rings is 1. The summed E-state index contributed by atoms with van der Waals surface area (Å²) >= 11 is 12.6. The minimum Gasteiger partial charge on any atom is -0.494 e. The van der Waals surface area contributed by atoms with Gasteiger partial charge in [0.1, 0.15) is 5.75 Å². The van der Waals surface area contributed by atoms with Crippen LogP contribution in [0.1, 0.15) is 73.1 Å². The van der Waals surface area contributed by atoms with Crippen LogP contribution >= 0.6 is 23.2 Å².